The van der Waals surface area contributed by atoms with Crippen LogP contribution in [0.5, 0.6) is 0 Å². The van der Waals surface area contributed by atoms with E-state index in [4.69, 9.17) is 0 Å². The van der Waals surface area contributed by atoms with E-state index in [1.54, 1.807) is 40.9 Å². The molecule has 0 bridgehead atoms. The van der Waals surface area contributed by atoms with Crippen molar-refractivity contribution in [2.24, 2.45) is 5.92 Å². The molecule has 162 valence electrons. The Morgan fingerprint density at radius 1 is 1.30 bits per heavy atom. The van der Waals surface area contributed by atoms with E-state index >= 15 is 0 Å². The Morgan fingerprint density at radius 3 is 2.90 bits per heavy atom. The smallest absolute Gasteiger partial charge is 0.329 e. The van der Waals surface area contributed by atoms with E-state index in [9.17, 15) is 19.5 Å². The van der Waals surface area contributed by atoms with Crippen molar-refractivity contribution in [3.05, 3.63) is 45.1 Å². The number of rotatable bonds is 5. The van der Waals surface area contributed by atoms with Crippen LogP contribution in [0.1, 0.15) is 44.6 Å². The lowest BCUT2D eigenvalue weighted by molar-refractivity contribution is -0.146. The molecule has 0 spiro atoms. The maximum atomic E-state index is 13.5. The third kappa shape index (κ3) is 3.83. The molecule has 0 radical (unpaired) electrons. The molecule has 1 saturated heterocycles. The van der Waals surface area contributed by atoms with Gasteiger partial charge in [-0.1, -0.05) is 25.0 Å². The first kappa shape index (κ1) is 21.2. The minimum absolute atomic E-state index is 0.0664. The molecule has 0 unspecified atom stereocenters. The van der Waals surface area contributed by atoms with Crippen molar-refractivity contribution in [3.63, 3.8) is 0 Å². The molecule has 30 heavy (non-hydrogen) atoms. The number of carbonyl (C=O) groups excluding carboxylic acids is 1. The molecular formula is C22H29N3O4S. The lowest BCUT2D eigenvalue weighted by Crippen LogP contribution is -2.56. The molecule has 2 heterocycles. The summed E-state index contributed by atoms with van der Waals surface area (Å²) in [5.41, 5.74) is -1.18. The molecule has 1 aliphatic heterocycles. The highest BCUT2D eigenvalue weighted by Gasteiger charge is 2.44. The number of aromatic amines is 1. The van der Waals surface area contributed by atoms with Gasteiger partial charge in [0.05, 0.1) is 16.5 Å². The highest BCUT2D eigenvalue weighted by molar-refractivity contribution is 7.98. The normalized spacial score (nSPS) is 25.1. The van der Waals surface area contributed by atoms with Crippen LogP contribution in [0.15, 0.2) is 33.9 Å². The fourth-order valence-corrected chi connectivity index (χ4v) is 5.49. The molecule has 1 amide bonds. The van der Waals surface area contributed by atoms with E-state index in [0.29, 0.717) is 42.6 Å². The fourth-order valence-electron chi connectivity index (χ4n) is 5.03. The standard InChI is InChI=1S/C22H29N3O4S/c1-30-13-9-18(25-19(26)16-7-2-3-8-17(16)23-21(25)28)20(27)24-12-11-22(29)10-5-4-6-15(22)14-24/h2-3,7-8,15,18,29H,4-6,9-14H2,1H3,(H,23,28)/t15-,18-,22+/m0/s1. The van der Waals surface area contributed by atoms with E-state index in [2.05, 4.69) is 4.98 Å². The number of amides is 1. The van der Waals surface area contributed by atoms with Crippen molar-refractivity contribution in [1.82, 2.24) is 14.5 Å². The number of aromatic nitrogens is 2. The van der Waals surface area contributed by atoms with Crippen molar-refractivity contribution in [3.8, 4) is 0 Å². The van der Waals surface area contributed by atoms with Gasteiger partial charge in [0, 0.05) is 19.0 Å². The zero-order chi connectivity index (χ0) is 21.3. The maximum Gasteiger partial charge on any atom is 0.329 e. The lowest BCUT2D eigenvalue weighted by Gasteiger charge is -2.48. The molecule has 2 N–H and O–H groups in total. The average molecular weight is 432 g/mol. The van der Waals surface area contributed by atoms with Gasteiger partial charge in [-0.3, -0.25) is 9.59 Å². The molecule has 1 aromatic heterocycles. The summed E-state index contributed by atoms with van der Waals surface area (Å²) in [7, 11) is 0. The molecule has 1 aliphatic carbocycles. The summed E-state index contributed by atoms with van der Waals surface area (Å²) in [4.78, 5) is 44.0. The van der Waals surface area contributed by atoms with Crippen LogP contribution in [-0.2, 0) is 4.79 Å². The summed E-state index contributed by atoms with van der Waals surface area (Å²) in [6.45, 7) is 0.952. The summed E-state index contributed by atoms with van der Waals surface area (Å²) >= 11 is 1.58. The first-order chi connectivity index (χ1) is 14.4. The largest absolute Gasteiger partial charge is 0.389 e. The minimum Gasteiger partial charge on any atom is -0.389 e. The zero-order valence-electron chi connectivity index (χ0n) is 17.3. The number of piperidine rings is 1. The van der Waals surface area contributed by atoms with Gasteiger partial charge in [-0.15, -0.1) is 0 Å². The molecule has 1 aromatic carbocycles. The predicted octanol–water partition coefficient (Wildman–Crippen LogP) is 2.14. The second kappa shape index (κ2) is 8.59. The SMILES string of the molecule is CSCC[C@@H](C(=O)N1CC[C@]2(O)CCCC[C@H]2C1)n1c(=O)[nH]c2ccccc2c1=O. The van der Waals surface area contributed by atoms with Crippen molar-refractivity contribution in [2.45, 2.75) is 50.2 Å². The summed E-state index contributed by atoms with van der Waals surface area (Å²) in [6, 6.07) is 6.03. The number of benzene rings is 1. The number of carbonyl (C=O) groups is 1. The Bertz CT molecular complexity index is 1050. The second-order valence-electron chi connectivity index (χ2n) is 8.53. The molecule has 2 fully saturated rings. The Morgan fingerprint density at radius 2 is 2.10 bits per heavy atom. The van der Waals surface area contributed by atoms with Gasteiger partial charge in [0.2, 0.25) is 5.91 Å². The highest BCUT2D eigenvalue weighted by Crippen LogP contribution is 2.40. The van der Waals surface area contributed by atoms with Crippen LogP contribution in [-0.4, -0.2) is 56.2 Å². The third-order valence-electron chi connectivity index (χ3n) is 6.77. The predicted molar refractivity (Wildman–Crippen MR) is 119 cm³/mol. The van der Waals surface area contributed by atoms with Crippen LogP contribution < -0.4 is 11.2 Å². The van der Waals surface area contributed by atoms with E-state index in [0.717, 1.165) is 30.3 Å². The Labute approximate surface area is 179 Å². The van der Waals surface area contributed by atoms with Crippen molar-refractivity contribution >= 4 is 28.6 Å². The quantitative estimate of drug-likeness (QED) is 0.756. The topological polar surface area (TPSA) is 95.4 Å². The summed E-state index contributed by atoms with van der Waals surface area (Å²) in [6.07, 6.45) is 6.70. The fraction of sp³-hybridized carbons (Fsp3) is 0.591. The van der Waals surface area contributed by atoms with E-state index in [1.807, 2.05) is 6.26 Å². The van der Waals surface area contributed by atoms with Gasteiger partial charge >= 0.3 is 5.69 Å². The van der Waals surface area contributed by atoms with Crippen LogP contribution in [0.4, 0.5) is 0 Å². The number of H-pyrrole nitrogens is 1. The van der Waals surface area contributed by atoms with Gasteiger partial charge in [-0.05, 0) is 49.8 Å². The van der Waals surface area contributed by atoms with Gasteiger partial charge in [0.15, 0.2) is 0 Å². The molecular weight excluding hydrogens is 402 g/mol. The van der Waals surface area contributed by atoms with E-state index in [1.165, 1.54) is 0 Å². The number of fused-ring (bicyclic) bond motifs is 2. The zero-order valence-corrected chi connectivity index (χ0v) is 18.1. The number of thioether (sulfide) groups is 1. The van der Waals surface area contributed by atoms with Crippen LogP contribution in [0.2, 0.25) is 0 Å². The van der Waals surface area contributed by atoms with Crippen molar-refractivity contribution in [2.75, 3.05) is 25.1 Å². The van der Waals surface area contributed by atoms with Gasteiger partial charge in [0.1, 0.15) is 6.04 Å². The van der Waals surface area contributed by atoms with Gasteiger partial charge < -0.3 is 15.0 Å². The number of hydrogen-bond donors (Lipinski definition) is 2. The Kier molecular flexibility index (Phi) is 6.06. The number of para-hydroxylation sites is 1. The average Bonchev–Trinajstić information content (AvgIpc) is 2.75. The number of nitrogens with zero attached hydrogens (tertiary/aromatic N) is 2. The number of aliphatic hydroxyl groups is 1. The van der Waals surface area contributed by atoms with Gasteiger partial charge in [0.25, 0.3) is 5.56 Å². The summed E-state index contributed by atoms with van der Waals surface area (Å²) in [5.74, 6) is 0.535. The number of likely N-dealkylation sites (tertiary alicyclic amines) is 1. The Hall–Kier alpha value is -2.06. The minimum atomic E-state index is -0.840. The van der Waals surface area contributed by atoms with Gasteiger partial charge in [-0.2, -0.15) is 11.8 Å². The van der Waals surface area contributed by atoms with Crippen LogP contribution in [0.25, 0.3) is 10.9 Å². The molecule has 7 nitrogen and oxygen atoms in total. The first-order valence-corrected chi connectivity index (χ1v) is 12.1. The first-order valence-electron chi connectivity index (χ1n) is 10.7. The maximum absolute atomic E-state index is 13.5. The van der Waals surface area contributed by atoms with E-state index in [-0.39, 0.29) is 11.8 Å². The summed E-state index contributed by atoms with van der Waals surface area (Å²) < 4.78 is 1.10. The van der Waals surface area contributed by atoms with E-state index < -0.39 is 22.9 Å². The van der Waals surface area contributed by atoms with Crippen LogP contribution in [0, 0.1) is 5.92 Å². The molecule has 2 aliphatic rings. The van der Waals surface area contributed by atoms with Crippen LogP contribution >= 0.6 is 11.8 Å². The highest BCUT2D eigenvalue weighted by atomic mass is 32.2. The number of hydrogen-bond acceptors (Lipinski definition) is 5. The third-order valence-corrected chi connectivity index (χ3v) is 7.41. The second-order valence-corrected chi connectivity index (χ2v) is 9.51. The monoisotopic (exact) mass is 431 g/mol. The van der Waals surface area contributed by atoms with Crippen molar-refractivity contribution < 1.29 is 9.90 Å². The summed E-state index contributed by atoms with van der Waals surface area (Å²) in [5, 5.41) is 11.3. The molecule has 2 aromatic rings. The lowest BCUT2D eigenvalue weighted by atomic mass is 9.71. The van der Waals surface area contributed by atoms with Crippen molar-refractivity contribution in [1.29, 1.82) is 0 Å². The Balaban J connectivity index is 1.68. The number of nitrogens with one attached hydrogen (secondary N) is 1. The van der Waals surface area contributed by atoms with Crippen LogP contribution in [0.3, 0.4) is 0 Å². The molecule has 4 rings (SSSR count). The van der Waals surface area contributed by atoms with Gasteiger partial charge in [-0.25, -0.2) is 9.36 Å². The molecule has 3 atom stereocenters. The molecule has 1 saturated carbocycles. The molecule has 8 heteroatoms.